The molecular formula is C12H16N4O. The molecule has 0 radical (unpaired) electrons. The van der Waals surface area contributed by atoms with Gasteiger partial charge in [-0.25, -0.2) is 4.98 Å². The Morgan fingerprint density at radius 2 is 2.35 bits per heavy atom. The first-order chi connectivity index (χ1) is 8.13. The van der Waals surface area contributed by atoms with Gasteiger partial charge in [0.25, 0.3) is 0 Å². The number of aromatic nitrogens is 1. The number of nitrogen functional groups attached to an aromatic ring is 1. The lowest BCUT2D eigenvalue weighted by Crippen LogP contribution is -2.37. The zero-order chi connectivity index (χ0) is 12.4. The minimum atomic E-state index is 0.185. The van der Waals surface area contributed by atoms with Crippen molar-refractivity contribution in [2.24, 2.45) is 0 Å². The first-order valence-electron chi connectivity index (χ1n) is 5.64. The molecule has 2 unspecified atom stereocenters. The molecule has 2 atom stereocenters. The summed E-state index contributed by atoms with van der Waals surface area (Å²) < 4.78 is 5.53. The van der Waals surface area contributed by atoms with Gasteiger partial charge in [0.05, 0.1) is 17.8 Å². The molecule has 1 saturated heterocycles. The van der Waals surface area contributed by atoms with E-state index in [0.29, 0.717) is 11.7 Å². The van der Waals surface area contributed by atoms with Gasteiger partial charge >= 0.3 is 0 Å². The van der Waals surface area contributed by atoms with E-state index in [0.717, 1.165) is 18.8 Å². The number of rotatable bonds is 2. The molecule has 17 heavy (non-hydrogen) atoms. The Bertz CT molecular complexity index is 454. The van der Waals surface area contributed by atoms with Crippen LogP contribution >= 0.6 is 0 Å². The van der Waals surface area contributed by atoms with Crippen LogP contribution in [0.4, 0.5) is 11.5 Å². The van der Waals surface area contributed by atoms with Crippen molar-refractivity contribution in [2.75, 3.05) is 24.3 Å². The predicted octanol–water partition coefficient (Wildman–Crippen LogP) is 1.15. The van der Waals surface area contributed by atoms with Crippen LogP contribution in [0.2, 0.25) is 0 Å². The topological polar surface area (TPSA) is 75.2 Å². The van der Waals surface area contributed by atoms with E-state index < -0.39 is 0 Å². The van der Waals surface area contributed by atoms with Crippen molar-refractivity contribution in [2.45, 2.75) is 25.5 Å². The summed E-state index contributed by atoms with van der Waals surface area (Å²) in [5.74, 6) is 0.762. The van der Waals surface area contributed by atoms with Crippen LogP contribution in [0.1, 0.15) is 19.0 Å². The zero-order valence-electron chi connectivity index (χ0n) is 10.1. The van der Waals surface area contributed by atoms with E-state index in [1.54, 1.807) is 6.07 Å². The second kappa shape index (κ2) is 4.60. The van der Waals surface area contributed by atoms with Gasteiger partial charge in [0, 0.05) is 13.7 Å². The molecule has 90 valence electrons. The minimum absolute atomic E-state index is 0.185. The first-order valence-corrected chi connectivity index (χ1v) is 5.64. The maximum atomic E-state index is 8.91. The number of nitrogens with two attached hydrogens (primary N) is 1. The second-order valence-corrected chi connectivity index (χ2v) is 4.26. The molecule has 1 fully saturated rings. The third kappa shape index (κ3) is 2.17. The molecule has 1 aliphatic heterocycles. The van der Waals surface area contributed by atoms with Crippen LogP contribution in [-0.4, -0.2) is 30.8 Å². The summed E-state index contributed by atoms with van der Waals surface area (Å²) in [6, 6.07) is 5.86. The standard InChI is InChI=1S/C12H16N4O/c1-8-11(5-6-17-8)16(2)12-4-3-9(14)10(7-13)15-12/h3-4,8,11H,5-6,14H2,1-2H3. The summed E-state index contributed by atoms with van der Waals surface area (Å²) in [6.45, 7) is 2.83. The van der Waals surface area contributed by atoms with Crippen LogP contribution in [0.3, 0.4) is 0 Å². The third-order valence-electron chi connectivity index (χ3n) is 3.21. The van der Waals surface area contributed by atoms with Gasteiger partial charge < -0.3 is 15.4 Å². The molecule has 2 rings (SSSR count). The van der Waals surface area contributed by atoms with E-state index >= 15 is 0 Å². The lowest BCUT2D eigenvalue weighted by molar-refractivity contribution is 0.118. The maximum absolute atomic E-state index is 8.91. The van der Waals surface area contributed by atoms with Gasteiger partial charge in [0.15, 0.2) is 5.69 Å². The van der Waals surface area contributed by atoms with E-state index in [2.05, 4.69) is 16.8 Å². The highest BCUT2D eigenvalue weighted by atomic mass is 16.5. The van der Waals surface area contributed by atoms with Crippen molar-refractivity contribution >= 4 is 11.5 Å². The van der Waals surface area contributed by atoms with Crippen LogP contribution in [0.15, 0.2) is 12.1 Å². The lowest BCUT2D eigenvalue weighted by atomic mass is 10.1. The number of nitriles is 1. The predicted molar refractivity (Wildman–Crippen MR) is 65.6 cm³/mol. The molecule has 0 spiro atoms. The van der Waals surface area contributed by atoms with Gasteiger partial charge in [-0.05, 0) is 25.5 Å². The second-order valence-electron chi connectivity index (χ2n) is 4.26. The Morgan fingerprint density at radius 3 is 2.94 bits per heavy atom. The number of nitrogens with zero attached hydrogens (tertiary/aromatic N) is 3. The van der Waals surface area contributed by atoms with E-state index in [1.165, 1.54) is 0 Å². The molecule has 0 bridgehead atoms. The van der Waals surface area contributed by atoms with Crippen molar-refractivity contribution in [3.8, 4) is 6.07 Å². The molecule has 1 aromatic rings. The average molecular weight is 232 g/mol. The van der Waals surface area contributed by atoms with Crippen molar-refractivity contribution in [1.82, 2.24) is 4.98 Å². The number of hydrogen-bond acceptors (Lipinski definition) is 5. The molecule has 1 aromatic heterocycles. The molecule has 0 aromatic carbocycles. The van der Waals surface area contributed by atoms with Crippen molar-refractivity contribution in [3.63, 3.8) is 0 Å². The minimum Gasteiger partial charge on any atom is -0.396 e. The quantitative estimate of drug-likeness (QED) is 0.827. The Balaban J connectivity index is 2.25. The molecule has 2 N–H and O–H groups in total. The summed E-state index contributed by atoms with van der Waals surface area (Å²) in [5, 5.41) is 8.91. The van der Waals surface area contributed by atoms with Crippen LogP contribution in [-0.2, 0) is 4.74 Å². The highest BCUT2D eigenvalue weighted by Gasteiger charge is 2.28. The lowest BCUT2D eigenvalue weighted by Gasteiger charge is -2.27. The average Bonchev–Trinajstić information content (AvgIpc) is 2.75. The van der Waals surface area contributed by atoms with Crippen LogP contribution in [0, 0.1) is 11.3 Å². The first kappa shape index (κ1) is 11.7. The largest absolute Gasteiger partial charge is 0.396 e. The van der Waals surface area contributed by atoms with Gasteiger partial charge in [-0.3, -0.25) is 0 Å². The summed E-state index contributed by atoms with van der Waals surface area (Å²) in [6.07, 6.45) is 1.16. The van der Waals surface area contributed by atoms with Gasteiger partial charge in [0.1, 0.15) is 11.9 Å². The van der Waals surface area contributed by atoms with E-state index in [1.807, 2.05) is 19.2 Å². The van der Waals surface area contributed by atoms with E-state index in [4.69, 9.17) is 15.7 Å². The van der Waals surface area contributed by atoms with Crippen molar-refractivity contribution in [3.05, 3.63) is 17.8 Å². The SMILES string of the molecule is CC1OCCC1N(C)c1ccc(N)c(C#N)n1. The van der Waals surface area contributed by atoms with Gasteiger partial charge in [0.2, 0.25) is 0 Å². The molecular weight excluding hydrogens is 216 g/mol. The Morgan fingerprint density at radius 1 is 1.59 bits per heavy atom. The van der Waals surface area contributed by atoms with Gasteiger partial charge in [-0.2, -0.15) is 5.26 Å². The smallest absolute Gasteiger partial charge is 0.165 e. The fourth-order valence-electron chi connectivity index (χ4n) is 2.14. The normalized spacial score (nSPS) is 23.4. The number of hydrogen-bond donors (Lipinski definition) is 1. The van der Waals surface area contributed by atoms with Crippen molar-refractivity contribution < 1.29 is 4.74 Å². The fourth-order valence-corrected chi connectivity index (χ4v) is 2.14. The number of likely N-dealkylation sites (N-methyl/N-ethyl adjacent to an activating group) is 1. The highest BCUT2D eigenvalue weighted by Crippen LogP contribution is 2.24. The van der Waals surface area contributed by atoms with Crippen LogP contribution < -0.4 is 10.6 Å². The van der Waals surface area contributed by atoms with Crippen molar-refractivity contribution in [1.29, 1.82) is 5.26 Å². The molecule has 1 aliphatic rings. The Hall–Kier alpha value is -1.80. The summed E-state index contributed by atoms with van der Waals surface area (Å²) >= 11 is 0. The van der Waals surface area contributed by atoms with E-state index in [-0.39, 0.29) is 11.8 Å². The molecule has 2 heterocycles. The van der Waals surface area contributed by atoms with Gasteiger partial charge in [-0.1, -0.05) is 0 Å². The summed E-state index contributed by atoms with van der Waals surface area (Å²) in [4.78, 5) is 6.31. The maximum Gasteiger partial charge on any atom is 0.165 e. The van der Waals surface area contributed by atoms with Crippen LogP contribution in [0.25, 0.3) is 0 Å². The fraction of sp³-hybridized carbons (Fsp3) is 0.500. The molecule has 5 nitrogen and oxygen atoms in total. The molecule has 5 heteroatoms. The van der Waals surface area contributed by atoms with E-state index in [9.17, 15) is 0 Å². The summed E-state index contributed by atoms with van der Waals surface area (Å²) in [7, 11) is 1.97. The summed E-state index contributed by atoms with van der Waals surface area (Å²) in [5.41, 5.74) is 6.35. The Labute approximate surface area is 101 Å². The van der Waals surface area contributed by atoms with Crippen LogP contribution in [0.5, 0.6) is 0 Å². The number of anilines is 2. The highest BCUT2D eigenvalue weighted by molar-refractivity contribution is 5.55. The molecule has 0 aliphatic carbocycles. The number of pyridine rings is 1. The Kier molecular flexibility index (Phi) is 3.16. The number of ether oxygens (including phenoxy) is 1. The monoisotopic (exact) mass is 232 g/mol. The zero-order valence-corrected chi connectivity index (χ0v) is 10.1. The molecule has 0 saturated carbocycles. The molecule has 0 amide bonds. The third-order valence-corrected chi connectivity index (χ3v) is 3.21. The van der Waals surface area contributed by atoms with Gasteiger partial charge in [-0.15, -0.1) is 0 Å².